The number of nitrogens with one attached hydrogen (secondary N) is 2. The van der Waals surface area contributed by atoms with E-state index in [1.165, 1.54) is 6.92 Å². The molecule has 0 unspecified atom stereocenters. The molecule has 0 heterocycles. The van der Waals surface area contributed by atoms with Crippen LogP contribution in [0.25, 0.3) is 11.1 Å². The zero-order chi connectivity index (χ0) is 24.3. The number of fused-ring (bicyclic) bond motifs is 3. The second-order valence-electron chi connectivity index (χ2n) is 9.33. The largest absolute Gasteiger partial charge is 0.480 e. The number of benzene rings is 2. The number of alkyl carbamates (subject to hydrolysis) is 1. The van der Waals surface area contributed by atoms with Gasteiger partial charge >= 0.3 is 12.1 Å². The molecule has 4 N–H and O–H groups in total. The quantitative estimate of drug-likeness (QED) is 0.450. The number of carbonyl (C=O) groups excluding carboxylic acids is 2. The highest BCUT2D eigenvalue weighted by molar-refractivity contribution is 5.84. The third-order valence-electron chi connectivity index (χ3n) is 6.97. The van der Waals surface area contributed by atoms with E-state index >= 15 is 0 Å². The molecule has 0 spiro atoms. The first-order valence-corrected chi connectivity index (χ1v) is 11.6. The number of aliphatic hydroxyl groups is 1. The summed E-state index contributed by atoms with van der Waals surface area (Å²) in [6.07, 6.45) is 0.747. The lowest BCUT2D eigenvalue weighted by molar-refractivity contribution is -0.145. The second-order valence-corrected chi connectivity index (χ2v) is 9.33. The van der Waals surface area contributed by atoms with Crippen molar-refractivity contribution in [2.45, 2.75) is 50.7 Å². The molecule has 180 valence electrons. The highest BCUT2D eigenvalue weighted by Crippen LogP contribution is 2.45. The molecule has 34 heavy (non-hydrogen) atoms. The van der Waals surface area contributed by atoms with E-state index in [1.54, 1.807) is 0 Å². The van der Waals surface area contributed by atoms with Crippen LogP contribution in [0, 0.1) is 5.41 Å². The van der Waals surface area contributed by atoms with E-state index in [-0.39, 0.29) is 25.5 Å². The van der Waals surface area contributed by atoms with Crippen LogP contribution in [0.1, 0.15) is 49.7 Å². The zero-order valence-electron chi connectivity index (χ0n) is 19.1. The van der Waals surface area contributed by atoms with Crippen LogP contribution < -0.4 is 10.6 Å². The van der Waals surface area contributed by atoms with Crippen molar-refractivity contribution >= 4 is 18.0 Å². The Labute approximate surface area is 198 Å². The predicted octanol–water partition coefficient (Wildman–Crippen LogP) is 3.04. The molecule has 2 aliphatic carbocycles. The van der Waals surface area contributed by atoms with Crippen LogP contribution >= 0.6 is 0 Å². The average Bonchev–Trinajstić information content (AvgIpc) is 3.11. The number of rotatable bonds is 9. The Balaban J connectivity index is 1.31. The highest BCUT2D eigenvalue weighted by atomic mass is 16.5. The standard InChI is InChI=1S/C26H30N2O6/c1-16(29)23(24(31)32)28-22(30)13-26(11-6-12-26)15-27-25(33)34-14-21-19-9-4-2-7-17(19)18-8-3-5-10-20(18)21/h2-5,7-10,16,21,23,29H,6,11-15H2,1H3,(H,27,33)(H,28,30)(H,31,32)/t16-,23+/m1/s1. The molecule has 4 rings (SSSR count). The van der Waals surface area contributed by atoms with Crippen molar-refractivity contribution in [3.05, 3.63) is 59.7 Å². The third kappa shape index (κ3) is 4.92. The Morgan fingerprint density at radius 1 is 1.06 bits per heavy atom. The van der Waals surface area contributed by atoms with Gasteiger partial charge in [0.05, 0.1) is 6.10 Å². The van der Waals surface area contributed by atoms with Gasteiger partial charge in [0.25, 0.3) is 0 Å². The van der Waals surface area contributed by atoms with Crippen LogP contribution in [0.2, 0.25) is 0 Å². The molecule has 0 saturated heterocycles. The van der Waals surface area contributed by atoms with Crippen molar-refractivity contribution in [3.63, 3.8) is 0 Å². The van der Waals surface area contributed by atoms with Crippen LogP contribution in [0.3, 0.4) is 0 Å². The summed E-state index contributed by atoms with van der Waals surface area (Å²) in [4.78, 5) is 36.2. The number of hydrogen-bond donors (Lipinski definition) is 4. The molecular formula is C26H30N2O6. The van der Waals surface area contributed by atoms with Crippen LogP contribution in [-0.2, 0) is 14.3 Å². The van der Waals surface area contributed by atoms with E-state index in [9.17, 15) is 19.5 Å². The predicted molar refractivity (Wildman–Crippen MR) is 125 cm³/mol. The van der Waals surface area contributed by atoms with Crippen molar-refractivity contribution < 1.29 is 29.3 Å². The van der Waals surface area contributed by atoms with E-state index in [0.29, 0.717) is 0 Å². The normalized spacial score (nSPS) is 17.5. The Bertz CT molecular complexity index is 1030. The fraction of sp³-hybridized carbons (Fsp3) is 0.423. The van der Waals surface area contributed by atoms with Gasteiger partial charge < -0.3 is 25.6 Å². The summed E-state index contributed by atoms with van der Waals surface area (Å²) >= 11 is 0. The van der Waals surface area contributed by atoms with E-state index in [1.807, 2.05) is 24.3 Å². The Morgan fingerprint density at radius 3 is 2.15 bits per heavy atom. The Morgan fingerprint density at radius 2 is 1.65 bits per heavy atom. The topological polar surface area (TPSA) is 125 Å². The number of hydrogen-bond acceptors (Lipinski definition) is 5. The molecule has 0 aliphatic heterocycles. The molecule has 2 aromatic rings. The molecule has 2 aromatic carbocycles. The number of ether oxygens (including phenoxy) is 1. The fourth-order valence-electron chi connectivity index (χ4n) is 4.96. The van der Waals surface area contributed by atoms with Gasteiger partial charge in [-0.1, -0.05) is 55.0 Å². The maximum atomic E-state index is 12.5. The minimum atomic E-state index is -1.36. The average molecular weight is 467 g/mol. The molecule has 1 saturated carbocycles. The second kappa shape index (κ2) is 9.85. The highest BCUT2D eigenvalue weighted by Gasteiger charge is 2.40. The maximum Gasteiger partial charge on any atom is 0.407 e. The van der Waals surface area contributed by atoms with Crippen LogP contribution in [0.4, 0.5) is 4.79 Å². The molecule has 1 fully saturated rings. The van der Waals surface area contributed by atoms with Gasteiger partial charge in [-0.05, 0) is 47.4 Å². The number of carbonyl (C=O) groups is 3. The molecule has 2 atom stereocenters. The summed E-state index contributed by atoms with van der Waals surface area (Å²) in [7, 11) is 0. The van der Waals surface area contributed by atoms with E-state index < -0.39 is 35.5 Å². The van der Waals surface area contributed by atoms with E-state index in [0.717, 1.165) is 41.5 Å². The zero-order valence-corrected chi connectivity index (χ0v) is 19.1. The number of carboxylic acid groups (broad SMARTS) is 1. The summed E-state index contributed by atoms with van der Waals surface area (Å²) in [5, 5.41) is 23.9. The van der Waals surface area contributed by atoms with Crippen molar-refractivity contribution in [1.82, 2.24) is 10.6 Å². The van der Waals surface area contributed by atoms with Gasteiger partial charge in [-0.25, -0.2) is 9.59 Å². The lowest BCUT2D eigenvalue weighted by Gasteiger charge is -2.41. The monoisotopic (exact) mass is 466 g/mol. The fourth-order valence-corrected chi connectivity index (χ4v) is 4.96. The summed E-state index contributed by atoms with van der Waals surface area (Å²) in [5.41, 5.74) is 4.15. The molecule has 2 aliphatic rings. The first-order valence-electron chi connectivity index (χ1n) is 11.6. The summed E-state index contributed by atoms with van der Waals surface area (Å²) in [5.74, 6) is -1.78. The number of aliphatic hydroxyl groups excluding tert-OH is 1. The van der Waals surface area contributed by atoms with Gasteiger partial charge in [-0.3, -0.25) is 4.79 Å². The summed E-state index contributed by atoms with van der Waals surface area (Å²) in [6.45, 7) is 1.79. The number of amides is 2. The van der Waals surface area contributed by atoms with E-state index in [2.05, 4.69) is 34.9 Å². The molecular weight excluding hydrogens is 436 g/mol. The lowest BCUT2D eigenvalue weighted by Crippen LogP contribution is -2.51. The van der Waals surface area contributed by atoms with Gasteiger partial charge in [0.1, 0.15) is 6.61 Å². The third-order valence-corrected chi connectivity index (χ3v) is 6.97. The number of aliphatic carboxylic acids is 1. The molecule has 0 bridgehead atoms. The summed E-state index contributed by atoms with van der Waals surface area (Å²) < 4.78 is 5.57. The molecule has 2 amide bonds. The lowest BCUT2D eigenvalue weighted by atomic mass is 9.66. The maximum absolute atomic E-state index is 12.5. The molecule has 8 nitrogen and oxygen atoms in total. The minimum absolute atomic E-state index is 0.0324. The molecule has 0 aromatic heterocycles. The minimum Gasteiger partial charge on any atom is -0.480 e. The van der Waals surface area contributed by atoms with Gasteiger partial charge in [0.15, 0.2) is 6.04 Å². The van der Waals surface area contributed by atoms with Crippen LogP contribution in [0.5, 0.6) is 0 Å². The van der Waals surface area contributed by atoms with Crippen LogP contribution in [0.15, 0.2) is 48.5 Å². The van der Waals surface area contributed by atoms with Gasteiger partial charge in [0.2, 0.25) is 5.91 Å². The molecule has 8 heteroatoms. The SMILES string of the molecule is C[C@@H](O)[C@H](NC(=O)CC1(CNC(=O)OCC2c3ccccc3-c3ccccc32)CCC1)C(=O)O. The van der Waals surface area contributed by atoms with Gasteiger partial charge in [-0.2, -0.15) is 0 Å². The van der Waals surface area contributed by atoms with Crippen molar-refractivity contribution in [2.75, 3.05) is 13.2 Å². The van der Waals surface area contributed by atoms with E-state index in [4.69, 9.17) is 9.84 Å². The van der Waals surface area contributed by atoms with Crippen molar-refractivity contribution in [3.8, 4) is 11.1 Å². The first-order chi connectivity index (χ1) is 16.3. The summed E-state index contributed by atoms with van der Waals surface area (Å²) in [6, 6.07) is 14.9. The number of carboxylic acids is 1. The Hall–Kier alpha value is -3.39. The molecule has 0 radical (unpaired) electrons. The Kier molecular flexibility index (Phi) is 6.88. The van der Waals surface area contributed by atoms with Crippen molar-refractivity contribution in [2.24, 2.45) is 5.41 Å². The van der Waals surface area contributed by atoms with Gasteiger partial charge in [-0.15, -0.1) is 0 Å². The van der Waals surface area contributed by atoms with Crippen LogP contribution in [-0.4, -0.2) is 53.5 Å². The van der Waals surface area contributed by atoms with Crippen molar-refractivity contribution in [1.29, 1.82) is 0 Å². The van der Waals surface area contributed by atoms with Gasteiger partial charge in [0, 0.05) is 18.9 Å². The smallest absolute Gasteiger partial charge is 0.407 e. The first kappa shape index (κ1) is 23.8.